The SMILES string of the molecule is [2H]c1c([2H])c([2H])c2c(c1[2H])c1c([2H])c([2H])c([2H])c([2H])c1n2-c1nc(-c2cc(-c3ccccc3)c3c(c2)oc2ccccc23)nc(-c2ccccc2-n2c3c([2H])c([2H])c([2H])c([2H])c3c3c([2H])c([2H])c([2H])c([2H])c32)n1. The van der Waals surface area contributed by atoms with Crippen LogP contribution >= 0.6 is 0 Å². The Balaban J connectivity index is 1.27. The highest BCUT2D eigenvalue weighted by atomic mass is 16.3. The minimum absolute atomic E-state index is 0.0583. The molecule has 0 fully saturated rings. The fourth-order valence-electron chi connectivity index (χ4n) is 7.68. The fraction of sp³-hybridized carbons (Fsp3) is 0. The van der Waals surface area contributed by atoms with Crippen molar-refractivity contribution < 1.29 is 26.3 Å². The van der Waals surface area contributed by atoms with Gasteiger partial charge in [-0.1, -0.05) is 133 Å². The Labute approximate surface area is 349 Å². The van der Waals surface area contributed by atoms with E-state index in [1.54, 1.807) is 30.3 Å². The van der Waals surface area contributed by atoms with Gasteiger partial charge in [0.15, 0.2) is 11.6 Å². The quantitative estimate of drug-likeness (QED) is 0.176. The van der Waals surface area contributed by atoms with Crippen molar-refractivity contribution in [3.8, 4) is 45.5 Å². The van der Waals surface area contributed by atoms with Gasteiger partial charge < -0.3 is 8.98 Å². The van der Waals surface area contributed by atoms with E-state index in [4.69, 9.17) is 35.8 Å². The molecule has 0 spiro atoms. The Bertz CT molecular complexity index is 4320. The standard InChI is InChI=1S/C51H31N5O/c1-2-16-32(17-3-1)40-30-33(31-47-48(40)39-23-9-15-29-46(39)57-47)49-52-50(54-51(53-49)56-43-26-12-6-20-36(43)37-21-7-13-27-44(37)56)38-22-8-14-28-45(38)55-41-24-10-4-18-34(41)35-19-5-11-25-42(35)55/h1-31H/i4D,5D,6D,7D,10D,11D,12D,13D,18D,19D,20D,21D,24D,25D,26D,27D. The van der Waals surface area contributed by atoms with Gasteiger partial charge in [0.1, 0.15) is 11.2 Å². The van der Waals surface area contributed by atoms with Crippen LogP contribution in [0.4, 0.5) is 0 Å². The summed E-state index contributed by atoms with van der Waals surface area (Å²) in [6, 6.07) is 17.3. The van der Waals surface area contributed by atoms with Crippen LogP contribution in [-0.2, 0) is 0 Å². The second-order valence-corrected chi connectivity index (χ2v) is 13.2. The molecule has 0 unspecified atom stereocenters. The molecule has 0 atom stereocenters. The summed E-state index contributed by atoms with van der Waals surface area (Å²) in [4.78, 5) is 15.0. The Hall–Kier alpha value is -7.83. The molecule has 8 aromatic carbocycles. The zero-order valence-corrected chi connectivity index (χ0v) is 29.3. The summed E-state index contributed by atoms with van der Waals surface area (Å²) in [7, 11) is 0. The van der Waals surface area contributed by atoms with Crippen molar-refractivity contribution in [2.24, 2.45) is 0 Å². The molecule has 0 saturated heterocycles. The van der Waals surface area contributed by atoms with Crippen molar-refractivity contribution in [3.63, 3.8) is 0 Å². The van der Waals surface area contributed by atoms with Crippen molar-refractivity contribution in [2.75, 3.05) is 0 Å². The Morgan fingerprint density at radius 1 is 0.421 bits per heavy atom. The molecule has 0 aliphatic heterocycles. The molecule has 266 valence electrons. The van der Waals surface area contributed by atoms with Crippen molar-refractivity contribution in [3.05, 3.63) is 188 Å². The molecule has 0 bridgehead atoms. The molecule has 6 nitrogen and oxygen atoms in total. The number of para-hydroxylation sites is 6. The number of benzene rings is 8. The number of hydrogen-bond donors (Lipinski definition) is 0. The molecule has 57 heavy (non-hydrogen) atoms. The molecule has 0 saturated carbocycles. The predicted molar refractivity (Wildman–Crippen MR) is 232 cm³/mol. The maximum absolute atomic E-state index is 9.28. The van der Waals surface area contributed by atoms with Crippen LogP contribution in [0.1, 0.15) is 21.9 Å². The van der Waals surface area contributed by atoms with Crippen molar-refractivity contribution >= 4 is 65.6 Å². The minimum Gasteiger partial charge on any atom is -0.456 e. The minimum atomic E-state index is -0.667. The monoisotopic (exact) mass is 745 g/mol. The van der Waals surface area contributed by atoms with Crippen LogP contribution < -0.4 is 0 Å². The van der Waals surface area contributed by atoms with Gasteiger partial charge in [0.05, 0.1) is 49.7 Å². The predicted octanol–water partition coefficient (Wildman–Crippen LogP) is 13.0. The maximum atomic E-state index is 9.28. The van der Waals surface area contributed by atoms with Crippen molar-refractivity contribution in [2.45, 2.75) is 0 Å². The van der Waals surface area contributed by atoms with Gasteiger partial charge in [0.2, 0.25) is 5.95 Å². The summed E-state index contributed by atoms with van der Waals surface area (Å²) >= 11 is 0. The molecule has 4 aromatic heterocycles. The van der Waals surface area contributed by atoms with Crippen molar-refractivity contribution in [1.82, 2.24) is 24.1 Å². The number of hydrogen-bond acceptors (Lipinski definition) is 4. The molecule has 12 aromatic rings. The largest absolute Gasteiger partial charge is 0.456 e. The highest BCUT2D eigenvalue weighted by molar-refractivity contribution is 6.14. The van der Waals surface area contributed by atoms with Crippen LogP contribution in [0, 0.1) is 0 Å². The summed E-state index contributed by atoms with van der Waals surface area (Å²) in [5.41, 5.74) is 2.22. The maximum Gasteiger partial charge on any atom is 0.238 e. The summed E-state index contributed by atoms with van der Waals surface area (Å²) in [6.45, 7) is 0. The molecule has 0 amide bonds. The first kappa shape index (κ1) is 19.7. The highest BCUT2D eigenvalue weighted by Crippen LogP contribution is 2.41. The Morgan fingerprint density at radius 3 is 1.63 bits per heavy atom. The van der Waals surface area contributed by atoms with E-state index in [0.29, 0.717) is 16.7 Å². The summed E-state index contributed by atoms with van der Waals surface area (Å²) < 4.78 is 152. The van der Waals surface area contributed by atoms with Gasteiger partial charge in [-0.15, -0.1) is 0 Å². The summed E-state index contributed by atoms with van der Waals surface area (Å²) in [5, 5.41) is 0.827. The third-order valence-electron chi connectivity index (χ3n) is 10.1. The third kappa shape index (κ3) is 4.81. The van der Waals surface area contributed by atoms with E-state index in [1.165, 1.54) is 4.57 Å². The number of aromatic nitrogens is 5. The van der Waals surface area contributed by atoms with Gasteiger partial charge in [-0.25, -0.2) is 4.98 Å². The molecule has 0 radical (unpaired) electrons. The molecule has 12 rings (SSSR count). The lowest BCUT2D eigenvalue weighted by Crippen LogP contribution is -2.08. The van der Waals surface area contributed by atoms with Crippen LogP contribution in [0.2, 0.25) is 0 Å². The smallest absolute Gasteiger partial charge is 0.238 e. The van der Waals surface area contributed by atoms with E-state index < -0.39 is 96.7 Å². The van der Waals surface area contributed by atoms with Gasteiger partial charge in [-0.3, -0.25) is 4.57 Å². The number of furan rings is 1. The molecular formula is C51H31N5O. The average molecular weight is 746 g/mol. The number of nitrogens with zero attached hydrogens (tertiary/aromatic N) is 5. The van der Waals surface area contributed by atoms with Crippen LogP contribution in [0.15, 0.2) is 192 Å². The van der Waals surface area contributed by atoms with E-state index in [1.807, 2.05) is 60.7 Å². The Kier molecular flexibility index (Phi) is 4.26. The molecular weight excluding hydrogens is 699 g/mol. The first-order chi connectivity index (χ1) is 34.9. The third-order valence-corrected chi connectivity index (χ3v) is 10.1. The van der Waals surface area contributed by atoms with Crippen LogP contribution in [0.25, 0.3) is 111 Å². The molecule has 0 aliphatic rings. The van der Waals surface area contributed by atoms with E-state index in [2.05, 4.69) is 0 Å². The van der Waals surface area contributed by atoms with Gasteiger partial charge >= 0.3 is 0 Å². The van der Waals surface area contributed by atoms with Gasteiger partial charge in [-0.05, 0) is 65.6 Å². The highest BCUT2D eigenvalue weighted by Gasteiger charge is 2.22. The molecule has 0 N–H and O–H groups in total. The van der Waals surface area contributed by atoms with E-state index >= 15 is 0 Å². The van der Waals surface area contributed by atoms with Crippen LogP contribution in [0.3, 0.4) is 0 Å². The van der Waals surface area contributed by atoms with Crippen molar-refractivity contribution in [1.29, 1.82) is 0 Å². The summed E-state index contributed by atoms with van der Waals surface area (Å²) in [5.74, 6) is -0.589. The first-order valence-corrected chi connectivity index (χ1v) is 17.8. The van der Waals surface area contributed by atoms with Gasteiger partial charge in [-0.2, -0.15) is 9.97 Å². The number of rotatable bonds is 5. The lowest BCUT2D eigenvalue weighted by molar-refractivity contribution is 0.669. The van der Waals surface area contributed by atoms with Gasteiger partial charge in [0, 0.05) is 43.4 Å². The first-order valence-electron chi connectivity index (χ1n) is 25.8. The summed E-state index contributed by atoms with van der Waals surface area (Å²) in [6.07, 6.45) is 0. The second kappa shape index (κ2) is 12.3. The lowest BCUT2D eigenvalue weighted by atomic mass is 9.97. The molecule has 6 heteroatoms. The second-order valence-electron chi connectivity index (χ2n) is 13.2. The lowest BCUT2D eigenvalue weighted by Gasteiger charge is -2.15. The number of fused-ring (bicyclic) bond motifs is 9. The zero-order valence-electron chi connectivity index (χ0n) is 45.3. The fourth-order valence-corrected chi connectivity index (χ4v) is 7.68. The molecule has 0 aliphatic carbocycles. The van der Waals surface area contributed by atoms with E-state index in [0.717, 1.165) is 26.5 Å². The average Bonchev–Trinajstić information content (AvgIpc) is 4.09. The Morgan fingerprint density at radius 2 is 0.965 bits per heavy atom. The zero-order chi connectivity index (χ0) is 51.4. The van der Waals surface area contributed by atoms with E-state index in [9.17, 15) is 5.48 Å². The topological polar surface area (TPSA) is 61.7 Å². The van der Waals surface area contributed by atoms with Crippen LogP contribution in [-0.4, -0.2) is 24.1 Å². The van der Waals surface area contributed by atoms with Crippen LogP contribution in [0.5, 0.6) is 0 Å². The van der Waals surface area contributed by atoms with E-state index in [-0.39, 0.29) is 72.5 Å². The molecule has 4 heterocycles. The normalized spacial score (nSPS) is 15.8. The van der Waals surface area contributed by atoms with Gasteiger partial charge in [0.25, 0.3) is 0 Å².